The minimum absolute atomic E-state index is 0.0313. The number of benzene rings is 4. The van der Waals surface area contributed by atoms with Gasteiger partial charge in [-0.3, -0.25) is 18.9 Å². The van der Waals surface area contributed by atoms with Crippen molar-refractivity contribution >= 4 is 102 Å². The van der Waals surface area contributed by atoms with E-state index in [1.165, 1.54) is 5.32 Å². The highest BCUT2D eigenvalue weighted by Gasteiger charge is 2.55. The molecule has 28 nitrogen and oxygen atoms in total. The number of hydrogen-bond acceptors (Lipinski definition) is 23. The van der Waals surface area contributed by atoms with Crippen molar-refractivity contribution in [3.8, 4) is 5.75 Å². The Morgan fingerprint density at radius 2 is 1.26 bits per heavy atom. The number of fused-ring (bicyclic) bond motifs is 2. The number of nitrogens with two attached hydrogens (primary N) is 1. The molecular weight excluding hydrogens is 1620 g/mol. The maximum absolute atomic E-state index is 15.6. The molecule has 8 rings (SSSR count). The number of carboxylic acids is 1. The van der Waals surface area contributed by atoms with Gasteiger partial charge < -0.3 is 39.4 Å². The van der Waals surface area contributed by atoms with Crippen LogP contribution in [0.15, 0.2) is 129 Å². The lowest BCUT2D eigenvalue weighted by molar-refractivity contribution is -0.438. The number of nitrogens with zero attached hydrogens (tertiary/aromatic N) is 2. The summed E-state index contributed by atoms with van der Waals surface area (Å²) in [5, 5.41) is 18.6. The molecule has 2 aliphatic heterocycles. The summed E-state index contributed by atoms with van der Waals surface area (Å²) in [6.07, 6.45) is -7.29. The Kier molecular flexibility index (Phi) is 33.3. The number of sulfonamides is 1. The number of nitrogens with one attached hydrogen (secondary N) is 2. The number of allylic oxidation sites excluding steroid dienone is 7. The van der Waals surface area contributed by atoms with Gasteiger partial charge in [-0.1, -0.05) is 68.5 Å². The predicted molar refractivity (Wildman–Crippen MR) is 388 cm³/mol. The average molecular weight is 1710 g/mol. The predicted octanol–water partition coefficient (Wildman–Crippen LogP) is 7.88. The van der Waals surface area contributed by atoms with Crippen molar-refractivity contribution in [3.63, 3.8) is 0 Å². The van der Waals surface area contributed by atoms with E-state index in [4.69, 9.17) is 44.6 Å². The van der Waals surface area contributed by atoms with Crippen LogP contribution in [0.4, 0.5) is 52.2 Å². The standard InChI is InChI=1S/C70H83F8N5O17S4.2O3S/c1-69(2)48-16-5-7-18-50(48)82(31-9-11-37-102(90,91)92)52(69)26-22-43-14-13-15-44(23-27-53-70(3,4)49-17-6-8-19-51(49)83(53)32-10-12-38-103(93,94)95)65(43)100-47-24-20-42(21-25-47)40-45(68(86)87)41-46(84)28-33-98-35-36-99-34-30-80-54(85)29-39-101(88,89)67-61(77)60(76)66(104(79,96)97)62(78)64(67)81-63-58(74)56(72)55(71)57(73)59(63)75;2*1-4(2)3/h5-8,16-27,45,55-59,63,81H,9-15,28-41H2,1-4H3,(H5-,79,80,85,86,87,90,91,92,93,94,95,96,97);;/t45-,55?,56?,57?,58?,59?,63?;;/m1../s1. The van der Waals surface area contributed by atoms with Gasteiger partial charge in [0.2, 0.25) is 21.6 Å². The summed E-state index contributed by atoms with van der Waals surface area (Å²) < 4.78 is 307. The first-order chi connectivity index (χ1) is 52.2. The lowest BCUT2D eigenvalue weighted by Gasteiger charge is -2.37. The summed E-state index contributed by atoms with van der Waals surface area (Å²) in [6.45, 7) is 8.47. The minimum atomic E-state index is -5.63. The topological polar surface area (TPSA) is 438 Å². The van der Waals surface area contributed by atoms with E-state index in [0.717, 1.165) is 51.5 Å². The molecule has 0 spiro atoms. The number of aliphatic carboxylic acids is 1. The molecule has 0 aromatic heterocycles. The fraction of sp³-hybridized carbons (Fsp3) is 0.486. The number of Topliss-reactive ketones (excluding diaryl/α,β-unsaturated/α-hetero) is 1. The number of amides is 1. The van der Waals surface area contributed by atoms with Crippen LogP contribution < -0.4 is 25.4 Å². The second-order valence-corrected chi connectivity index (χ2v) is 34.6. The number of anilines is 2. The molecule has 4 aromatic carbocycles. The summed E-state index contributed by atoms with van der Waals surface area (Å²) in [7, 11) is -26.0. The molecule has 0 saturated heterocycles. The first-order valence-corrected chi connectivity index (χ1v) is 42.8. The van der Waals surface area contributed by atoms with Crippen molar-refractivity contribution < 1.29 is 141 Å². The molecule has 618 valence electrons. The van der Waals surface area contributed by atoms with E-state index in [0.29, 0.717) is 55.8 Å². The van der Waals surface area contributed by atoms with Crippen molar-refractivity contribution in [1.82, 2.24) is 5.32 Å². The zero-order chi connectivity index (χ0) is 83.6. The number of carbonyl (C=O) groups is 3. The van der Waals surface area contributed by atoms with E-state index >= 15 is 8.78 Å². The van der Waals surface area contributed by atoms with Crippen LogP contribution in [0.2, 0.25) is 0 Å². The third-order valence-corrected chi connectivity index (χ3v) is 22.8. The minimum Gasteiger partial charge on any atom is -0.748 e. The molecular formula is C70H83F8N5O23S6. The Bertz CT molecular complexity index is 4960. The molecule has 1 fully saturated rings. The van der Waals surface area contributed by atoms with Gasteiger partial charge in [0, 0.05) is 79.0 Å². The first-order valence-electron chi connectivity index (χ1n) is 34.4. The van der Waals surface area contributed by atoms with Gasteiger partial charge in [-0.05, 0) is 111 Å². The van der Waals surface area contributed by atoms with Crippen LogP contribution in [-0.4, -0.2) is 201 Å². The molecule has 4 aliphatic rings. The SMILES string of the molecule is CC1(C)C(=CC=C2CCCC(C=CC3=[N+](CCCCS(=O)(=O)O)c4ccccc4C3(C)C)=C2Oc2ccc(C[C@H](CC(=O)CCOCCOCCNC(=O)CCS(=O)(=O)c3c(F)c(F)c(S(N)(=O)=O)c(F)c3NC3C(F)C(F)C(F)C(F)C3F)C(=O)O)cc2)N(CCCCS(=O)(=O)[O-])c2ccccc21.O=S(=O)=O.O=S(=O)=O. The monoisotopic (exact) mass is 1710 g/mol. The molecule has 0 bridgehead atoms. The first kappa shape index (κ1) is 92.7. The Hall–Kier alpha value is -8.20. The van der Waals surface area contributed by atoms with E-state index in [2.05, 4.69) is 66.8 Å². The normalized spacial score (nSPS) is 20.5. The molecule has 5 atom stereocenters. The van der Waals surface area contributed by atoms with Gasteiger partial charge >= 0.3 is 27.2 Å². The highest BCUT2D eigenvalue weighted by Crippen LogP contribution is 2.49. The molecule has 0 radical (unpaired) electrons. The molecule has 4 aromatic rings. The summed E-state index contributed by atoms with van der Waals surface area (Å²) >= 11 is 0. The molecule has 1 saturated carbocycles. The summed E-state index contributed by atoms with van der Waals surface area (Å²) in [5.74, 6) is -13.2. The second-order valence-electron chi connectivity index (χ2n) is 27.2. The van der Waals surface area contributed by atoms with Crippen molar-refractivity contribution in [1.29, 1.82) is 0 Å². The van der Waals surface area contributed by atoms with E-state index in [9.17, 15) is 88.6 Å². The number of carboxylic acid groups (broad SMARTS) is 1. The van der Waals surface area contributed by atoms with E-state index in [-0.39, 0.29) is 70.8 Å². The van der Waals surface area contributed by atoms with Gasteiger partial charge in [0.1, 0.15) is 28.7 Å². The van der Waals surface area contributed by atoms with E-state index < -0.39 is 183 Å². The number of hydrogen-bond donors (Lipinski definition) is 5. The lowest BCUT2D eigenvalue weighted by atomic mass is 9.81. The highest BCUT2D eigenvalue weighted by atomic mass is 32.2. The number of unbranched alkanes of at least 4 members (excludes halogenated alkanes) is 2. The Labute approximate surface area is 644 Å². The summed E-state index contributed by atoms with van der Waals surface area (Å²) in [4.78, 5) is 36.0. The zero-order valence-corrected chi connectivity index (χ0v) is 65.4. The molecule has 1 amide bonds. The number of para-hydroxylation sites is 2. The molecule has 2 aliphatic carbocycles. The van der Waals surface area contributed by atoms with Gasteiger partial charge in [0.05, 0.1) is 71.1 Å². The van der Waals surface area contributed by atoms with Crippen LogP contribution in [0.25, 0.3) is 0 Å². The maximum atomic E-state index is 15.6. The Morgan fingerprint density at radius 3 is 1.86 bits per heavy atom. The van der Waals surface area contributed by atoms with Crippen LogP contribution in [0.1, 0.15) is 109 Å². The van der Waals surface area contributed by atoms with Crippen molar-refractivity contribution in [2.45, 2.75) is 156 Å². The van der Waals surface area contributed by atoms with Gasteiger partial charge in [-0.2, -0.15) is 13.0 Å². The number of halogens is 8. The zero-order valence-electron chi connectivity index (χ0n) is 60.5. The van der Waals surface area contributed by atoms with E-state index in [1.807, 2.05) is 48.6 Å². The van der Waals surface area contributed by atoms with Gasteiger partial charge in [-0.15, -0.1) is 25.3 Å². The second kappa shape index (κ2) is 40.2. The van der Waals surface area contributed by atoms with Crippen molar-refractivity contribution in [2.24, 2.45) is 11.1 Å². The van der Waals surface area contributed by atoms with Crippen LogP contribution in [0.5, 0.6) is 5.75 Å². The molecule has 112 heavy (non-hydrogen) atoms. The number of ketones is 1. The van der Waals surface area contributed by atoms with Gasteiger partial charge in [0.25, 0.3) is 10.1 Å². The fourth-order valence-electron chi connectivity index (χ4n) is 13.2. The van der Waals surface area contributed by atoms with Crippen LogP contribution >= 0.6 is 0 Å². The van der Waals surface area contributed by atoms with E-state index in [1.54, 1.807) is 24.3 Å². The molecule has 4 unspecified atom stereocenters. The Morgan fingerprint density at radius 1 is 0.688 bits per heavy atom. The maximum Gasteiger partial charge on any atom is 0.425 e. The number of alkyl halides is 5. The molecule has 2 heterocycles. The summed E-state index contributed by atoms with van der Waals surface area (Å²) in [6, 6.07) is 19.7. The third kappa shape index (κ3) is 25.4. The lowest BCUT2D eigenvalue weighted by Crippen LogP contribution is -2.59. The number of primary sulfonamides is 1. The van der Waals surface area contributed by atoms with Gasteiger partial charge in [-0.25, -0.2) is 65.5 Å². The quantitative estimate of drug-likeness (QED) is 0.00949. The van der Waals surface area contributed by atoms with Crippen molar-refractivity contribution in [2.75, 3.05) is 73.5 Å². The Balaban J connectivity index is 0.00000233. The van der Waals surface area contributed by atoms with Crippen LogP contribution in [0.3, 0.4) is 0 Å². The fourth-order valence-corrected chi connectivity index (χ4v) is 16.5. The number of ether oxygens (including phenoxy) is 3. The van der Waals surface area contributed by atoms with Crippen LogP contribution in [0, 0.1) is 23.4 Å². The third-order valence-electron chi connectivity index (χ3n) is 18.6. The highest BCUT2D eigenvalue weighted by molar-refractivity contribution is 7.91. The molecule has 42 heteroatoms. The largest absolute Gasteiger partial charge is 0.748 e. The summed E-state index contributed by atoms with van der Waals surface area (Å²) in [5.41, 5.74) is 5.28. The van der Waals surface area contributed by atoms with Crippen molar-refractivity contribution in [3.05, 3.63) is 154 Å². The number of carbonyl (C=O) groups excluding carboxylic acids is 2. The number of sulfone groups is 1. The smallest absolute Gasteiger partial charge is 0.425 e. The van der Waals surface area contributed by atoms with Gasteiger partial charge in [0.15, 0.2) is 68.8 Å². The number of rotatable bonds is 36. The average Bonchev–Trinajstić information content (AvgIpc) is 1.74. The van der Waals surface area contributed by atoms with Crippen LogP contribution in [-0.2, 0) is 102 Å². The molecule has 6 N–H and O–H groups in total.